The van der Waals surface area contributed by atoms with Crippen LogP contribution >= 0.6 is 0 Å². The zero-order valence-electron chi connectivity index (χ0n) is 12.5. The molecule has 0 aliphatic carbocycles. The second kappa shape index (κ2) is 5.88. The zero-order chi connectivity index (χ0) is 14.0. The molecule has 19 heavy (non-hydrogen) atoms. The molecule has 1 fully saturated rings. The lowest BCUT2D eigenvalue weighted by molar-refractivity contribution is 0.266. The summed E-state index contributed by atoms with van der Waals surface area (Å²) in [5.41, 5.74) is 8.20. The molecule has 2 N–H and O–H groups in total. The highest BCUT2D eigenvalue weighted by Crippen LogP contribution is 2.26. The van der Waals surface area contributed by atoms with Crippen molar-refractivity contribution < 1.29 is 0 Å². The van der Waals surface area contributed by atoms with Crippen molar-refractivity contribution >= 4 is 5.69 Å². The number of hydrogen-bond acceptors (Lipinski definition) is 4. The van der Waals surface area contributed by atoms with Gasteiger partial charge < -0.3 is 15.5 Å². The van der Waals surface area contributed by atoms with Crippen molar-refractivity contribution in [2.75, 3.05) is 32.1 Å². The third-order valence-electron chi connectivity index (χ3n) is 4.19. The summed E-state index contributed by atoms with van der Waals surface area (Å²) in [5, 5.41) is 0. The van der Waals surface area contributed by atoms with E-state index in [0.29, 0.717) is 12.0 Å². The second-order valence-corrected chi connectivity index (χ2v) is 5.87. The van der Waals surface area contributed by atoms with Gasteiger partial charge in [0, 0.05) is 25.2 Å². The first-order valence-electron chi connectivity index (χ1n) is 7.15. The molecule has 1 aromatic heterocycles. The van der Waals surface area contributed by atoms with Gasteiger partial charge in [-0.1, -0.05) is 13.8 Å². The van der Waals surface area contributed by atoms with Gasteiger partial charge in [0.05, 0.1) is 17.6 Å². The SMILES string of the molecule is CCC(N)c1ccc(N2CC(C)C(N(C)C)C2)cn1. The number of nitrogens with two attached hydrogens (primary N) is 1. The van der Waals surface area contributed by atoms with E-state index in [-0.39, 0.29) is 6.04 Å². The first-order valence-corrected chi connectivity index (χ1v) is 7.15. The van der Waals surface area contributed by atoms with E-state index in [1.54, 1.807) is 0 Å². The Hall–Kier alpha value is -1.13. The van der Waals surface area contributed by atoms with Gasteiger partial charge in [-0.15, -0.1) is 0 Å². The van der Waals surface area contributed by atoms with Crippen LogP contribution in [0.3, 0.4) is 0 Å². The molecule has 1 aliphatic heterocycles. The molecule has 4 heteroatoms. The van der Waals surface area contributed by atoms with E-state index in [0.717, 1.165) is 25.2 Å². The number of aromatic nitrogens is 1. The minimum atomic E-state index is 0.0566. The van der Waals surface area contributed by atoms with Crippen LogP contribution in [-0.4, -0.2) is 43.1 Å². The maximum Gasteiger partial charge on any atom is 0.0572 e. The fraction of sp³-hybridized carbons (Fsp3) is 0.667. The van der Waals surface area contributed by atoms with E-state index in [2.05, 4.69) is 54.9 Å². The lowest BCUT2D eigenvalue weighted by Gasteiger charge is -2.23. The number of rotatable bonds is 4. The topological polar surface area (TPSA) is 45.4 Å². The lowest BCUT2D eigenvalue weighted by atomic mass is 10.1. The van der Waals surface area contributed by atoms with Crippen molar-refractivity contribution in [3.8, 4) is 0 Å². The van der Waals surface area contributed by atoms with Gasteiger partial charge in [-0.3, -0.25) is 4.98 Å². The Kier molecular flexibility index (Phi) is 4.42. The zero-order valence-corrected chi connectivity index (χ0v) is 12.5. The van der Waals surface area contributed by atoms with Crippen LogP contribution in [0.15, 0.2) is 18.3 Å². The molecule has 3 unspecified atom stereocenters. The predicted octanol–water partition coefficient (Wildman–Crippen LogP) is 1.88. The summed E-state index contributed by atoms with van der Waals surface area (Å²) in [6.45, 7) is 6.59. The standard InChI is InChI=1S/C15H26N4/c1-5-13(16)14-7-6-12(8-17-14)19-9-11(2)15(10-19)18(3)4/h6-8,11,13,15H,5,9-10,16H2,1-4H3. The molecule has 0 amide bonds. The van der Waals surface area contributed by atoms with Gasteiger partial charge in [-0.05, 0) is 38.6 Å². The summed E-state index contributed by atoms with van der Waals surface area (Å²) in [6.07, 6.45) is 2.89. The van der Waals surface area contributed by atoms with Crippen LogP contribution in [0.2, 0.25) is 0 Å². The molecule has 106 valence electrons. The van der Waals surface area contributed by atoms with Crippen LogP contribution in [0.4, 0.5) is 5.69 Å². The van der Waals surface area contributed by atoms with Crippen LogP contribution in [0, 0.1) is 5.92 Å². The monoisotopic (exact) mass is 262 g/mol. The summed E-state index contributed by atoms with van der Waals surface area (Å²) < 4.78 is 0. The molecule has 3 atom stereocenters. The highest BCUT2D eigenvalue weighted by atomic mass is 15.2. The summed E-state index contributed by atoms with van der Waals surface area (Å²) in [4.78, 5) is 9.25. The van der Waals surface area contributed by atoms with Gasteiger partial charge in [-0.25, -0.2) is 0 Å². The van der Waals surface area contributed by atoms with Crippen molar-refractivity contribution in [1.82, 2.24) is 9.88 Å². The maximum atomic E-state index is 6.00. The number of hydrogen-bond donors (Lipinski definition) is 1. The van der Waals surface area contributed by atoms with Crippen molar-refractivity contribution in [3.63, 3.8) is 0 Å². The summed E-state index contributed by atoms with van der Waals surface area (Å²) in [5.74, 6) is 0.688. The highest BCUT2D eigenvalue weighted by Gasteiger charge is 2.31. The van der Waals surface area contributed by atoms with E-state index in [4.69, 9.17) is 5.73 Å². The Morgan fingerprint density at radius 1 is 1.42 bits per heavy atom. The van der Waals surface area contributed by atoms with E-state index < -0.39 is 0 Å². The Labute approximate surface area is 116 Å². The first kappa shape index (κ1) is 14.3. The van der Waals surface area contributed by atoms with Crippen LogP contribution in [0.5, 0.6) is 0 Å². The first-order chi connectivity index (χ1) is 9.02. The molecule has 0 bridgehead atoms. The van der Waals surface area contributed by atoms with Crippen LogP contribution in [0.25, 0.3) is 0 Å². The Morgan fingerprint density at radius 3 is 2.63 bits per heavy atom. The Balaban J connectivity index is 2.07. The van der Waals surface area contributed by atoms with Crippen LogP contribution in [0.1, 0.15) is 32.0 Å². The molecular weight excluding hydrogens is 236 g/mol. The number of likely N-dealkylation sites (N-methyl/N-ethyl adjacent to an activating group) is 1. The summed E-state index contributed by atoms with van der Waals surface area (Å²) in [7, 11) is 4.32. The molecule has 0 radical (unpaired) electrons. The van der Waals surface area contributed by atoms with Gasteiger partial charge in [0.1, 0.15) is 0 Å². The summed E-state index contributed by atoms with van der Waals surface area (Å²) in [6, 6.07) is 4.90. The van der Waals surface area contributed by atoms with Crippen molar-refractivity contribution in [2.24, 2.45) is 11.7 Å². The Bertz CT molecular complexity index is 401. The van der Waals surface area contributed by atoms with Gasteiger partial charge >= 0.3 is 0 Å². The van der Waals surface area contributed by atoms with Gasteiger partial charge in [0.2, 0.25) is 0 Å². The molecular formula is C15H26N4. The van der Waals surface area contributed by atoms with Gasteiger partial charge in [0.25, 0.3) is 0 Å². The van der Waals surface area contributed by atoms with Crippen molar-refractivity contribution in [3.05, 3.63) is 24.0 Å². The molecule has 1 aliphatic rings. The number of nitrogens with zero attached hydrogens (tertiary/aromatic N) is 3. The van der Waals surface area contributed by atoms with Crippen molar-refractivity contribution in [1.29, 1.82) is 0 Å². The molecule has 0 saturated carbocycles. The normalized spacial score (nSPS) is 25.1. The van der Waals surface area contributed by atoms with E-state index in [1.165, 1.54) is 5.69 Å². The van der Waals surface area contributed by atoms with Crippen LogP contribution < -0.4 is 10.6 Å². The fourth-order valence-corrected chi connectivity index (χ4v) is 2.85. The molecule has 1 aromatic rings. The largest absolute Gasteiger partial charge is 0.368 e. The minimum Gasteiger partial charge on any atom is -0.368 e. The molecule has 4 nitrogen and oxygen atoms in total. The third kappa shape index (κ3) is 3.07. The summed E-state index contributed by atoms with van der Waals surface area (Å²) >= 11 is 0. The van der Waals surface area contributed by atoms with Gasteiger partial charge in [0.15, 0.2) is 0 Å². The number of anilines is 1. The third-order valence-corrected chi connectivity index (χ3v) is 4.19. The number of pyridine rings is 1. The average Bonchev–Trinajstić information content (AvgIpc) is 2.80. The van der Waals surface area contributed by atoms with Crippen LogP contribution in [-0.2, 0) is 0 Å². The van der Waals surface area contributed by atoms with E-state index in [9.17, 15) is 0 Å². The quantitative estimate of drug-likeness (QED) is 0.900. The fourth-order valence-electron chi connectivity index (χ4n) is 2.85. The average molecular weight is 262 g/mol. The predicted molar refractivity (Wildman–Crippen MR) is 80.3 cm³/mol. The minimum absolute atomic E-state index is 0.0566. The maximum absolute atomic E-state index is 6.00. The second-order valence-electron chi connectivity index (χ2n) is 5.87. The Morgan fingerprint density at radius 2 is 2.16 bits per heavy atom. The van der Waals surface area contributed by atoms with Crippen molar-refractivity contribution in [2.45, 2.75) is 32.4 Å². The molecule has 0 aromatic carbocycles. The molecule has 2 rings (SSSR count). The highest BCUT2D eigenvalue weighted by molar-refractivity contribution is 5.46. The lowest BCUT2D eigenvalue weighted by Crippen LogP contribution is -2.34. The molecule has 2 heterocycles. The smallest absolute Gasteiger partial charge is 0.0572 e. The molecule has 0 spiro atoms. The van der Waals surface area contributed by atoms with Gasteiger partial charge in [-0.2, -0.15) is 0 Å². The van der Waals surface area contributed by atoms with E-state index >= 15 is 0 Å². The molecule has 1 saturated heterocycles. The van der Waals surface area contributed by atoms with E-state index in [1.807, 2.05) is 6.20 Å².